The molecule has 1 aliphatic heterocycles. The highest BCUT2D eigenvalue weighted by molar-refractivity contribution is 5.76. The number of carboxylic acids is 1. The van der Waals surface area contributed by atoms with Crippen LogP contribution in [0, 0.1) is 6.92 Å². The monoisotopic (exact) mass is 282 g/mol. The van der Waals surface area contributed by atoms with Crippen LogP contribution in [0.3, 0.4) is 0 Å². The van der Waals surface area contributed by atoms with Gasteiger partial charge in [-0.1, -0.05) is 30.3 Å². The summed E-state index contributed by atoms with van der Waals surface area (Å²) in [5.41, 5.74) is 3.92. The van der Waals surface area contributed by atoms with Gasteiger partial charge in [0.1, 0.15) is 6.04 Å². The molecule has 0 radical (unpaired) electrons. The average Bonchev–Trinajstić information content (AvgIpc) is 2.46. The molecule has 3 rings (SSSR count). The molecule has 1 aliphatic rings. The van der Waals surface area contributed by atoms with E-state index in [1.54, 1.807) is 0 Å². The first-order valence-corrected chi connectivity index (χ1v) is 7.12. The number of aromatic nitrogens is 1. The van der Waals surface area contributed by atoms with Crippen molar-refractivity contribution in [3.05, 3.63) is 65.0 Å². The Labute approximate surface area is 124 Å². The third-order valence-corrected chi connectivity index (χ3v) is 3.93. The molecule has 1 N–H and O–H groups in total. The summed E-state index contributed by atoms with van der Waals surface area (Å²) in [6.45, 7) is 3.25. The molecule has 0 aliphatic carbocycles. The van der Waals surface area contributed by atoms with E-state index in [2.05, 4.69) is 4.98 Å². The van der Waals surface area contributed by atoms with Gasteiger partial charge in [0.05, 0.1) is 5.69 Å². The second-order valence-electron chi connectivity index (χ2n) is 5.43. The Morgan fingerprint density at radius 1 is 1.29 bits per heavy atom. The van der Waals surface area contributed by atoms with Crippen LogP contribution in [0.15, 0.2) is 42.5 Å². The maximum atomic E-state index is 11.7. The van der Waals surface area contributed by atoms with Gasteiger partial charge in [0.25, 0.3) is 0 Å². The number of aliphatic carboxylic acids is 1. The maximum Gasteiger partial charge on any atom is 0.325 e. The van der Waals surface area contributed by atoms with E-state index in [9.17, 15) is 9.90 Å². The number of hydrogen-bond donors (Lipinski definition) is 1. The van der Waals surface area contributed by atoms with E-state index in [0.717, 1.165) is 35.5 Å². The maximum absolute atomic E-state index is 11.7. The van der Waals surface area contributed by atoms with Crippen LogP contribution in [0.5, 0.6) is 0 Å². The van der Waals surface area contributed by atoms with Crippen LogP contribution in [0.2, 0.25) is 0 Å². The van der Waals surface area contributed by atoms with E-state index < -0.39 is 12.0 Å². The standard InChI is InChI=1S/C17H18N2O2/c1-12-5-4-7-14(18-12)11-19-10-9-13-6-2-3-8-15(13)16(19)17(20)21/h2-8,16H,9-11H2,1H3,(H,20,21). The summed E-state index contributed by atoms with van der Waals surface area (Å²) in [4.78, 5) is 18.2. The van der Waals surface area contributed by atoms with Gasteiger partial charge in [-0.25, -0.2) is 0 Å². The predicted molar refractivity (Wildman–Crippen MR) is 79.9 cm³/mol. The van der Waals surface area contributed by atoms with Gasteiger partial charge in [0.2, 0.25) is 0 Å². The molecule has 0 spiro atoms. The Bertz CT molecular complexity index is 669. The van der Waals surface area contributed by atoms with Gasteiger partial charge in [0.15, 0.2) is 0 Å². The molecule has 0 amide bonds. The van der Waals surface area contributed by atoms with Crippen molar-refractivity contribution in [3.8, 4) is 0 Å². The summed E-state index contributed by atoms with van der Waals surface area (Å²) in [5, 5.41) is 9.63. The third kappa shape index (κ3) is 2.81. The molecule has 108 valence electrons. The van der Waals surface area contributed by atoms with Gasteiger partial charge in [-0.2, -0.15) is 0 Å². The highest BCUT2D eigenvalue weighted by atomic mass is 16.4. The summed E-state index contributed by atoms with van der Waals surface area (Å²) >= 11 is 0. The van der Waals surface area contributed by atoms with Crippen molar-refractivity contribution in [1.82, 2.24) is 9.88 Å². The number of carboxylic acid groups (broad SMARTS) is 1. The van der Waals surface area contributed by atoms with Gasteiger partial charge >= 0.3 is 5.97 Å². The molecular formula is C17H18N2O2. The molecule has 1 aromatic heterocycles. The molecule has 1 atom stereocenters. The Morgan fingerprint density at radius 3 is 2.86 bits per heavy atom. The molecule has 0 saturated carbocycles. The Balaban J connectivity index is 1.91. The van der Waals surface area contributed by atoms with Crippen molar-refractivity contribution in [2.45, 2.75) is 25.9 Å². The number of fused-ring (bicyclic) bond motifs is 1. The number of benzene rings is 1. The van der Waals surface area contributed by atoms with Gasteiger partial charge in [-0.15, -0.1) is 0 Å². The van der Waals surface area contributed by atoms with Gasteiger partial charge in [0, 0.05) is 18.8 Å². The summed E-state index contributed by atoms with van der Waals surface area (Å²) in [7, 11) is 0. The smallest absolute Gasteiger partial charge is 0.325 e. The van der Waals surface area contributed by atoms with E-state index in [0.29, 0.717) is 6.54 Å². The fourth-order valence-corrected chi connectivity index (χ4v) is 2.97. The molecule has 4 nitrogen and oxygen atoms in total. The highest BCUT2D eigenvalue weighted by Crippen LogP contribution is 2.30. The fraction of sp³-hybridized carbons (Fsp3) is 0.294. The molecule has 0 bridgehead atoms. The summed E-state index contributed by atoms with van der Waals surface area (Å²) in [5.74, 6) is -0.796. The first kappa shape index (κ1) is 13.8. The summed E-state index contributed by atoms with van der Waals surface area (Å²) < 4.78 is 0. The number of aryl methyl sites for hydroxylation is 1. The number of rotatable bonds is 3. The molecule has 4 heteroatoms. The number of nitrogens with zero attached hydrogens (tertiary/aromatic N) is 2. The van der Waals surface area contributed by atoms with E-state index in [1.807, 2.05) is 54.3 Å². The first-order chi connectivity index (χ1) is 10.1. The lowest BCUT2D eigenvalue weighted by Crippen LogP contribution is -2.39. The van der Waals surface area contributed by atoms with Crippen molar-refractivity contribution < 1.29 is 9.90 Å². The lowest BCUT2D eigenvalue weighted by atomic mass is 9.92. The van der Waals surface area contributed by atoms with Crippen LogP contribution >= 0.6 is 0 Å². The summed E-state index contributed by atoms with van der Waals surface area (Å²) in [6.07, 6.45) is 0.881. The molecule has 2 heterocycles. The number of pyridine rings is 1. The number of hydrogen-bond acceptors (Lipinski definition) is 3. The van der Waals surface area contributed by atoms with E-state index in [-0.39, 0.29) is 0 Å². The van der Waals surface area contributed by atoms with E-state index >= 15 is 0 Å². The molecule has 21 heavy (non-hydrogen) atoms. The Hall–Kier alpha value is -2.20. The fourth-order valence-electron chi connectivity index (χ4n) is 2.97. The molecular weight excluding hydrogens is 264 g/mol. The minimum absolute atomic E-state index is 0.562. The van der Waals surface area contributed by atoms with Crippen LogP contribution in [0.1, 0.15) is 28.6 Å². The lowest BCUT2D eigenvalue weighted by Gasteiger charge is -2.34. The largest absolute Gasteiger partial charge is 0.480 e. The highest BCUT2D eigenvalue weighted by Gasteiger charge is 2.32. The van der Waals surface area contributed by atoms with Crippen molar-refractivity contribution in [3.63, 3.8) is 0 Å². The normalized spacial score (nSPS) is 18.2. The summed E-state index contributed by atoms with van der Waals surface area (Å²) in [6, 6.07) is 13.1. The molecule has 0 fully saturated rings. The number of carbonyl (C=O) groups is 1. The third-order valence-electron chi connectivity index (χ3n) is 3.93. The van der Waals surface area contributed by atoms with Crippen LogP contribution in [-0.2, 0) is 17.8 Å². The molecule has 1 aromatic carbocycles. The van der Waals surface area contributed by atoms with Crippen molar-refractivity contribution in [2.75, 3.05) is 6.54 Å². The minimum Gasteiger partial charge on any atom is -0.480 e. The van der Waals surface area contributed by atoms with Crippen LogP contribution in [0.4, 0.5) is 0 Å². The first-order valence-electron chi connectivity index (χ1n) is 7.12. The van der Waals surface area contributed by atoms with Crippen LogP contribution in [0.25, 0.3) is 0 Å². The van der Waals surface area contributed by atoms with E-state index in [4.69, 9.17) is 0 Å². The van der Waals surface area contributed by atoms with E-state index in [1.165, 1.54) is 0 Å². The van der Waals surface area contributed by atoms with Gasteiger partial charge < -0.3 is 5.11 Å². The Morgan fingerprint density at radius 2 is 2.10 bits per heavy atom. The Kier molecular flexibility index (Phi) is 3.71. The quantitative estimate of drug-likeness (QED) is 0.940. The van der Waals surface area contributed by atoms with Crippen molar-refractivity contribution >= 4 is 5.97 Å². The molecule has 1 unspecified atom stereocenters. The second-order valence-corrected chi connectivity index (χ2v) is 5.43. The van der Waals surface area contributed by atoms with Gasteiger partial charge in [-0.3, -0.25) is 14.7 Å². The lowest BCUT2D eigenvalue weighted by molar-refractivity contribution is -0.144. The molecule has 0 saturated heterocycles. The van der Waals surface area contributed by atoms with Crippen LogP contribution in [-0.4, -0.2) is 27.5 Å². The van der Waals surface area contributed by atoms with Gasteiger partial charge in [-0.05, 0) is 36.6 Å². The zero-order valence-corrected chi connectivity index (χ0v) is 12.0. The topological polar surface area (TPSA) is 53.4 Å². The minimum atomic E-state index is -0.796. The zero-order chi connectivity index (χ0) is 14.8. The molecule has 2 aromatic rings. The SMILES string of the molecule is Cc1cccc(CN2CCc3ccccc3C2C(=O)O)n1. The zero-order valence-electron chi connectivity index (χ0n) is 12.0. The van der Waals surface area contributed by atoms with Crippen molar-refractivity contribution in [2.24, 2.45) is 0 Å². The van der Waals surface area contributed by atoms with Crippen LogP contribution < -0.4 is 0 Å². The average molecular weight is 282 g/mol. The predicted octanol–water partition coefficient (Wildman–Crippen LogP) is 2.57. The van der Waals surface area contributed by atoms with Crippen molar-refractivity contribution in [1.29, 1.82) is 0 Å². The second kappa shape index (κ2) is 5.66.